The largest absolute Gasteiger partial charge is 0.354 e. The Morgan fingerprint density at radius 3 is 2.35 bits per heavy atom. The Bertz CT molecular complexity index is 1210. The number of rotatable bonds is 4. The van der Waals surface area contributed by atoms with Crippen molar-refractivity contribution in [3.8, 4) is 11.1 Å². The molecule has 1 fully saturated rings. The number of nitrogens with zero attached hydrogens (tertiary/aromatic N) is 5. The zero-order chi connectivity index (χ0) is 21.4. The lowest BCUT2D eigenvalue weighted by atomic mass is 10.1. The van der Waals surface area contributed by atoms with Crippen LogP contribution in [0.15, 0.2) is 60.7 Å². The van der Waals surface area contributed by atoms with Crippen LogP contribution in [0.1, 0.15) is 17.0 Å². The summed E-state index contributed by atoms with van der Waals surface area (Å²) in [6.45, 7) is 9.05. The number of benzene rings is 2. The van der Waals surface area contributed by atoms with E-state index < -0.39 is 0 Å². The average molecular weight is 432 g/mol. The Kier molecular flexibility index (Phi) is 5.38. The van der Waals surface area contributed by atoms with Crippen LogP contribution in [-0.2, 0) is 6.54 Å². The van der Waals surface area contributed by atoms with Gasteiger partial charge in [-0.15, -0.1) is 0 Å². The second kappa shape index (κ2) is 8.33. The van der Waals surface area contributed by atoms with E-state index >= 15 is 0 Å². The van der Waals surface area contributed by atoms with Gasteiger partial charge in [0.2, 0.25) is 0 Å². The lowest BCUT2D eigenvalue weighted by Gasteiger charge is -2.36. The van der Waals surface area contributed by atoms with Gasteiger partial charge < -0.3 is 4.90 Å². The minimum Gasteiger partial charge on any atom is -0.354 e. The van der Waals surface area contributed by atoms with E-state index in [1.165, 1.54) is 5.56 Å². The number of anilines is 1. The third-order valence-corrected chi connectivity index (χ3v) is 6.29. The maximum atomic E-state index is 6.52. The van der Waals surface area contributed by atoms with Gasteiger partial charge in [0.25, 0.3) is 0 Å². The van der Waals surface area contributed by atoms with Gasteiger partial charge in [0.05, 0.1) is 11.3 Å². The van der Waals surface area contributed by atoms with E-state index in [0.717, 1.165) is 71.7 Å². The molecule has 1 aliphatic rings. The summed E-state index contributed by atoms with van der Waals surface area (Å²) in [6.07, 6.45) is 0. The predicted molar refractivity (Wildman–Crippen MR) is 127 cm³/mol. The molecule has 1 saturated heterocycles. The van der Waals surface area contributed by atoms with Crippen LogP contribution in [0.4, 0.5) is 5.82 Å². The van der Waals surface area contributed by atoms with Crippen molar-refractivity contribution in [2.45, 2.75) is 20.4 Å². The molecule has 0 radical (unpaired) electrons. The summed E-state index contributed by atoms with van der Waals surface area (Å²) in [5, 5.41) is 5.60. The molecule has 0 saturated carbocycles. The second-order valence-corrected chi connectivity index (χ2v) is 8.59. The minimum atomic E-state index is 0.722. The van der Waals surface area contributed by atoms with Crippen molar-refractivity contribution < 1.29 is 0 Å². The standard InChI is InChI=1S/C25H26ClN5/c1-18-16-23(30-14-12-29(13-15-30)17-20-8-4-3-5-9-20)31-25(27-18)24(19(2)28-31)21-10-6-7-11-22(21)26/h3-11,16H,12-15,17H2,1-2H3. The van der Waals surface area contributed by atoms with Crippen molar-refractivity contribution in [1.29, 1.82) is 0 Å². The van der Waals surface area contributed by atoms with Crippen LogP contribution in [0.25, 0.3) is 16.8 Å². The molecule has 0 aliphatic carbocycles. The number of piperazine rings is 1. The molecule has 0 bridgehead atoms. The molecule has 5 nitrogen and oxygen atoms in total. The van der Waals surface area contributed by atoms with Crippen molar-refractivity contribution in [3.05, 3.63) is 82.6 Å². The Labute approximate surface area is 187 Å². The molecule has 31 heavy (non-hydrogen) atoms. The number of aryl methyl sites for hydroxylation is 2. The molecule has 0 atom stereocenters. The summed E-state index contributed by atoms with van der Waals surface area (Å²) in [5.74, 6) is 1.10. The van der Waals surface area contributed by atoms with Gasteiger partial charge in [0.15, 0.2) is 5.65 Å². The van der Waals surface area contributed by atoms with Crippen molar-refractivity contribution >= 4 is 23.1 Å². The number of aromatic nitrogens is 3. The third kappa shape index (κ3) is 3.91. The van der Waals surface area contributed by atoms with Gasteiger partial charge in [-0.2, -0.15) is 9.61 Å². The fourth-order valence-electron chi connectivity index (χ4n) is 4.41. The lowest BCUT2D eigenvalue weighted by Crippen LogP contribution is -2.46. The Hall–Kier alpha value is -2.89. The minimum absolute atomic E-state index is 0.722. The molecular formula is C25H26ClN5. The van der Waals surface area contributed by atoms with Gasteiger partial charge in [-0.05, 0) is 25.5 Å². The maximum Gasteiger partial charge on any atom is 0.165 e. The van der Waals surface area contributed by atoms with Gasteiger partial charge in [0, 0.05) is 55.1 Å². The highest BCUT2D eigenvalue weighted by Gasteiger charge is 2.23. The van der Waals surface area contributed by atoms with E-state index in [1.807, 2.05) is 42.6 Å². The van der Waals surface area contributed by atoms with Crippen molar-refractivity contribution in [2.75, 3.05) is 31.1 Å². The van der Waals surface area contributed by atoms with Crippen molar-refractivity contribution in [2.24, 2.45) is 0 Å². The van der Waals surface area contributed by atoms with Crippen LogP contribution in [0.5, 0.6) is 0 Å². The highest BCUT2D eigenvalue weighted by atomic mass is 35.5. The summed E-state index contributed by atoms with van der Waals surface area (Å²) < 4.78 is 1.99. The lowest BCUT2D eigenvalue weighted by molar-refractivity contribution is 0.249. The quantitative estimate of drug-likeness (QED) is 0.456. The predicted octanol–water partition coefficient (Wildman–Crippen LogP) is 4.99. The smallest absolute Gasteiger partial charge is 0.165 e. The number of halogens is 1. The Balaban J connectivity index is 1.45. The first-order chi connectivity index (χ1) is 15.1. The molecule has 158 valence electrons. The summed E-state index contributed by atoms with van der Waals surface area (Å²) in [6, 6.07) is 20.7. The molecule has 2 aromatic carbocycles. The summed E-state index contributed by atoms with van der Waals surface area (Å²) >= 11 is 6.52. The molecule has 0 spiro atoms. The number of hydrogen-bond acceptors (Lipinski definition) is 4. The molecule has 0 N–H and O–H groups in total. The number of hydrogen-bond donors (Lipinski definition) is 0. The molecular weight excluding hydrogens is 406 g/mol. The van der Waals surface area contributed by atoms with Crippen LogP contribution in [-0.4, -0.2) is 45.7 Å². The van der Waals surface area contributed by atoms with Gasteiger partial charge in [-0.1, -0.05) is 60.1 Å². The SMILES string of the molecule is Cc1cc(N2CCN(Cc3ccccc3)CC2)n2nc(C)c(-c3ccccc3Cl)c2n1. The maximum absolute atomic E-state index is 6.52. The van der Waals surface area contributed by atoms with E-state index in [-0.39, 0.29) is 0 Å². The van der Waals surface area contributed by atoms with Gasteiger partial charge >= 0.3 is 0 Å². The first-order valence-corrected chi connectivity index (χ1v) is 11.1. The van der Waals surface area contributed by atoms with Gasteiger partial charge in [-0.25, -0.2) is 4.98 Å². The van der Waals surface area contributed by atoms with E-state index in [4.69, 9.17) is 21.7 Å². The highest BCUT2D eigenvalue weighted by Crippen LogP contribution is 2.34. The van der Waals surface area contributed by atoms with Crippen LogP contribution in [0.3, 0.4) is 0 Å². The average Bonchev–Trinajstić information content (AvgIpc) is 3.10. The first kappa shape index (κ1) is 20.0. The molecule has 0 amide bonds. The normalized spacial score (nSPS) is 15.0. The van der Waals surface area contributed by atoms with E-state index in [1.54, 1.807) is 0 Å². The second-order valence-electron chi connectivity index (χ2n) is 8.18. The fourth-order valence-corrected chi connectivity index (χ4v) is 4.64. The van der Waals surface area contributed by atoms with Crippen LogP contribution in [0, 0.1) is 13.8 Å². The fraction of sp³-hybridized carbons (Fsp3) is 0.280. The van der Waals surface area contributed by atoms with Crippen LogP contribution < -0.4 is 4.90 Å². The molecule has 6 heteroatoms. The van der Waals surface area contributed by atoms with Crippen LogP contribution in [0.2, 0.25) is 5.02 Å². The van der Waals surface area contributed by atoms with Crippen LogP contribution >= 0.6 is 11.6 Å². The van der Waals surface area contributed by atoms with E-state index in [0.29, 0.717) is 0 Å². The Morgan fingerprint density at radius 1 is 0.903 bits per heavy atom. The molecule has 2 aromatic heterocycles. The zero-order valence-corrected chi connectivity index (χ0v) is 18.7. The molecule has 1 aliphatic heterocycles. The summed E-state index contributed by atoms with van der Waals surface area (Å²) in [7, 11) is 0. The molecule has 5 rings (SSSR count). The van der Waals surface area contributed by atoms with E-state index in [9.17, 15) is 0 Å². The van der Waals surface area contributed by atoms with Crippen molar-refractivity contribution in [1.82, 2.24) is 19.5 Å². The topological polar surface area (TPSA) is 36.7 Å². The zero-order valence-electron chi connectivity index (χ0n) is 17.9. The van der Waals surface area contributed by atoms with Gasteiger partial charge in [-0.3, -0.25) is 4.90 Å². The summed E-state index contributed by atoms with van der Waals surface area (Å²) in [5.41, 5.74) is 6.15. The highest BCUT2D eigenvalue weighted by molar-refractivity contribution is 6.33. The van der Waals surface area contributed by atoms with E-state index in [2.05, 4.69) is 46.2 Å². The van der Waals surface area contributed by atoms with Crippen molar-refractivity contribution in [3.63, 3.8) is 0 Å². The van der Waals surface area contributed by atoms with Gasteiger partial charge in [0.1, 0.15) is 5.82 Å². The number of fused-ring (bicyclic) bond motifs is 1. The molecule has 4 aromatic rings. The monoisotopic (exact) mass is 431 g/mol. The molecule has 3 heterocycles. The first-order valence-electron chi connectivity index (χ1n) is 10.7. The Morgan fingerprint density at radius 2 is 1.61 bits per heavy atom. The third-order valence-electron chi connectivity index (χ3n) is 5.96. The molecule has 0 unspecified atom stereocenters. The summed E-state index contributed by atoms with van der Waals surface area (Å²) in [4.78, 5) is 9.78.